The van der Waals surface area contributed by atoms with Gasteiger partial charge in [0.05, 0.1) is 5.75 Å². The Morgan fingerprint density at radius 3 is 2.27 bits per heavy atom. The van der Waals surface area contributed by atoms with Gasteiger partial charge in [0.2, 0.25) is 0 Å². The van der Waals surface area contributed by atoms with Gasteiger partial charge in [0.25, 0.3) is 0 Å². The van der Waals surface area contributed by atoms with Crippen molar-refractivity contribution in [2.24, 2.45) is 10.4 Å². The second-order valence-electron chi connectivity index (χ2n) is 6.46. The van der Waals surface area contributed by atoms with Crippen molar-refractivity contribution >= 4 is 39.8 Å². The summed E-state index contributed by atoms with van der Waals surface area (Å²) in [6, 6.07) is 0. The van der Waals surface area contributed by atoms with Gasteiger partial charge in [-0.3, -0.25) is 4.99 Å². The summed E-state index contributed by atoms with van der Waals surface area (Å²) in [5.41, 5.74) is 0.236. The fraction of sp³-hybridized carbons (Fsp3) is 0.933. The monoisotopic (exact) mass is 447 g/mol. The second-order valence-corrected chi connectivity index (χ2v) is 8.72. The smallest absolute Gasteiger partial charge is 0.190 e. The van der Waals surface area contributed by atoms with Crippen molar-refractivity contribution in [1.82, 2.24) is 10.6 Å². The minimum absolute atomic E-state index is 0. The Hall–Kier alpha value is -0.0500. The molecule has 0 aliphatic heterocycles. The van der Waals surface area contributed by atoms with Crippen LogP contribution in [-0.2, 0) is 9.84 Å². The van der Waals surface area contributed by atoms with Crippen LogP contribution in [0, 0.1) is 5.41 Å². The van der Waals surface area contributed by atoms with E-state index in [0.29, 0.717) is 13.0 Å². The van der Waals surface area contributed by atoms with Crippen LogP contribution in [-0.4, -0.2) is 46.5 Å². The lowest BCUT2D eigenvalue weighted by molar-refractivity contribution is 0.318. The third-order valence-corrected chi connectivity index (χ3v) is 4.43. The Morgan fingerprint density at radius 1 is 1.14 bits per heavy atom. The van der Waals surface area contributed by atoms with Crippen molar-refractivity contribution in [3.8, 4) is 0 Å². The molecule has 0 unspecified atom stereocenters. The zero-order valence-corrected chi connectivity index (χ0v) is 17.9. The molecule has 0 amide bonds. The molecule has 134 valence electrons. The first-order valence-electron chi connectivity index (χ1n) is 7.82. The summed E-state index contributed by atoms with van der Waals surface area (Å²) in [5.74, 6) is 0.950. The predicted molar refractivity (Wildman–Crippen MR) is 107 cm³/mol. The quantitative estimate of drug-likeness (QED) is 0.234. The molecule has 0 saturated heterocycles. The molecule has 0 rings (SSSR count). The summed E-state index contributed by atoms with van der Waals surface area (Å²) in [7, 11) is -1.15. The normalized spacial score (nSPS) is 12.7. The van der Waals surface area contributed by atoms with Gasteiger partial charge in [-0.25, -0.2) is 8.42 Å². The van der Waals surface area contributed by atoms with Crippen LogP contribution in [0.2, 0.25) is 0 Å². The molecule has 0 bridgehead atoms. The van der Waals surface area contributed by atoms with Crippen LogP contribution in [0.1, 0.15) is 52.9 Å². The van der Waals surface area contributed by atoms with Crippen LogP contribution in [0.4, 0.5) is 0 Å². The lowest BCUT2D eigenvalue weighted by Crippen LogP contribution is -2.42. The molecule has 5 nitrogen and oxygen atoms in total. The van der Waals surface area contributed by atoms with Crippen LogP contribution in [0.3, 0.4) is 0 Å². The zero-order valence-electron chi connectivity index (χ0n) is 14.7. The summed E-state index contributed by atoms with van der Waals surface area (Å²) < 4.78 is 22.1. The number of sulfone groups is 1. The molecule has 0 atom stereocenters. The maximum atomic E-state index is 11.1. The maximum absolute atomic E-state index is 11.1. The molecule has 0 aromatic rings. The third kappa shape index (κ3) is 14.9. The Kier molecular flexibility index (Phi) is 13.6. The number of unbranched alkanes of at least 4 members (excludes halogenated alkanes) is 2. The number of guanidine groups is 1. The van der Waals surface area contributed by atoms with Crippen LogP contribution in [0.5, 0.6) is 0 Å². The Balaban J connectivity index is 0. The highest BCUT2D eigenvalue weighted by Gasteiger charge is 2.17. The zero-order chi connectivity index (χ0) is 16.4. The average Bonchev–Trinajstić information content (AvgIpc) is 2.37. The van der Waals surface area contributed by atoms with Gasteiger partial charge in [0.1, 0.15) is 9.84 Å². The second kappa shape index (κ2) is 12.4. The number of nitrogens with one attached hydrogen (secondary N) is 2. The number of nitrogens with zero attached hydrogens (tertiary/aromatic N) is 1. The van der Waals surface area contributed by atoms with Crippen LogP contribution in [0.15, 0.2) is 4.99 Å². The molecule has 0 aromatic carbocycles. The Labute approximate surface area is 154 Å². The van der Waals surface area contributed by atoms with E-state index in [2.05, 4.69) is 36.4 Å². The van der Waals surface area contributed by atoms with Crippen LogP contribution in [0.25, 0.3) is 0 Å². The average molecular weight is 447 g/mol. The molecule has 0 aliphatic carbocycles. The molecule has 0 saturated carbocycles. The van der Waals surface area contributed by atoms with Gasteiger partial charge in [-0.05, 0) is 18.3 Å². The van der Waals surface area contributed by atoms with E-state index in [1.807, 2.05) is 0 Å². The number of aliphatic imine (C=N–C) groups is 1. The first kappa shape index (κ1) is 24.2. The summed E-state index contributed by atoms with van der Waals surface area (Å²) >= 11 is 0. The minimum Gasteiger partial charge on any atom is -0.356 e. The molecular weight excluding hydrogens is 413 g/mol. The topological polar surface area (TPSA) is 70.6 Å². The van der Waals surface area contributed by atoms with Crippen molar-refractivity contribution in [2.75, 3.05) is 32.1 Å². The van der Waals surface area contributed by atoms with E-state index in [1.54, 1.807) is 7.05 Å². The third-order valence-electron chi connectivity index (χ3n) is 3.40. The van der Waals surface area contributed by atoms with Crippen molar-refractivity contribution in [2.45, 2.75) is 52.9 Å². The van der Waals surface area contributed by atoms with E-state index in [1.165, 1.54) is 31.9 Å². The summed E-state index contributed by atoms with van der Waals surface area (Å²) in [5, 5.41) is 6.48. The minimum atomic E-state index is -2.88. The van der Waals surface area contributed by atoms with Crippen molar-refractivity contribution in [3.63, 3.8) is 0 Å². The molecule has 0 spiro atoms. The molecule has 0 radical (unpaired) electrons. The molecule has 0 aliphatic rings. The van der Waals surface area contributed by atoms with E-state index in [9.17, 15) is 8.42 Å². The lowest BCUT2D eigenvalue weighted by atomic mass is 9.87. The van der Waals surface area contributed by atoms with Crippen molar-refractivity contribution in [1.29, 1.82) is 0 Å². The van der Waals surface area contributed by atoms with Crippen LogP contribution >= 0.6 is 24.0 Å². The summed E-state index contributed by atoms with van der Waals surface area (Å²) in [4.78, 5) is 4.17. The molecule has 0 aromatic heterocycles. The van der Waals surface area contributed by atoms with Gasteiger partial charge < -0.3 is 10.6 Å². The number of halogens is 1. The highest BCUT2D eigenvalue weighted by Crippen LogP contribution is 2.22. The van der Waals surface area contributed by atoms with Gasteiger partial charge in [-0.2, -0.15) is 0 Å². The molecule has 0 heterocycles. The maximum Gasteiger partial charge on any atom is 0.190 e. The lowest BCUT2D eigenvalue weighted by Gasteiger charge is -2.26. The van der Waals surface area contributed by atoms with E-state index < -0.39 is 9.84 Å². The SMILES string of the molecule is CCCCCC(C)(C)CNC(=NC)NCCCS(C)(=O)=O.I. The largest absolute Gasteiger partial charge is 0.356 e. The standard InChI is InChI=1S/C15H33N3O2S.HI/c1-6-7-8-10-15(2,3)13-18-14(16-4)17-11-9-12-21(5,19)20;/h6-13H2,1-5H3,(H2,16,17,18);1H. The first-order chi connectivity index (χ1) is 9.70. The number of rotatable bonds is 10. The van der Waals surface area contributed by atoms with Crippen LogP contribution < -0.4 is 10.6 Å². The van der Waals surface area contributed by atoms with E-state index in [-0.39, 0.29) is 35.1 Å². The predicted octanol–water partition coefficient (Wildman–Crippen LogP) is 2.81. The first-order valence-corrected chi connectivity index (χ1v) is 9.88. The fourth-order valence-corrected chi connectivity index (χ4v) is 2.70. The van der Waals surface area contributed by atoms with Gasteiger partial charge in [0, 0.05) is 26.4 Å². The van der Waals surface area contributed by atoms with Gasteiger partial charge in [0.15, 0.2) is 5.96 Å². The van der Waals surface area contributed by atoms with Crippen molar-refractivity contribution in [3.05, 3.63) is 0 Å². The van der Waals surface area contributed by atoms with E-state index >= 15 is 0 Å². The number of hydrogen-bond acceptors (Lipinski definition) is 3. The van der Waals surface area contributed by atoms with E-state index in [0.717, 1.165) is 12.5 Å². The molecule has 7 heteroatoms. The van der Waals surface area contributed by atoms with Gasteiger partial charge in [-0.15, -0.1) is 24.0 Å². The molecular formula is C15H34IN3O2S. The summed E-state index contributed by atoms with van der Waals surface area (Å²) in [6.45, 7) is 8.21. The molecule has 0 fully saturated rings. The van der Waals surface area contributed by atoms with Gasteiger partial charge in [-0.1, -0.05) is 40.0 Å². The van der Waals surface area contributed by atoms with E-state index in [4.69, 9.17) is 0 Å². The van der Waals surface area contributed by atoms with Crippen molar-refractivity contribution < 1.29 is 8.42 Å². The Bertz CT molecular complexity index is 409. The summed E-state index contributed by atoms with van der Waals surface area (Å²) in [6.07, 6.45) is 6.83. The highest BCUT2D eigenvalue weighted by molar-refractivity contribution is 14.0. The Morgan fingerprint density at radius 2 is 1.77 bits per heavy atom. The molecule has 22 heavy (non-hydrogen) atoms. The fourth-order valence-electron chi connectivity index (χ4n) is 2.03. The molecule has 2 N–H and O–H groups in total. The number of hydrogen-bond donors (Lipinski definition) is 2. The van der Waals surface area contributed by atoms with Gasteiger partial charge >= 0.3 is 0 Å². The highest BCUT2D eigenvalue weighted by atomic mass is 127.